The number of benzene rings is 1. The number of piperazine rings is 1. The molecule has 1 atom stereocenters. The van der Waals surface area contributed by atoms with Crippen LogP contribution in [0.5, 0.6) is 0 Å². The molecule has 0 saturated carbocycles. The molecule has 2 fully saturated rings. The maximum atomic E-state index is 12.7. The SMILES string of the molecule is CN1CCN(C(CNC(=O)C(=O)Nc2cccc(N3CCCCC3=O)c2)c2cccn2C)CC1. The number of piperidine rings is 1. The highest BCUT2D eigenvalue weighted by atomic mass is 16.2. The molecule has 1 unspecified atom stereocenters. The van der Waals surface area contributed by atoms with Gasteiger partial charge >= 0.3 is 11.8 Å². The molecule has 182 valence electrons. The van der Waals surface area contributed by atoms with E-state index in [0.717, 1.165) is 50.4 Å². The number of nitrogens with zero attached hydrogens (tertiary/aromatic N) is 4. The molecular weight excluding hydrogens is 432 g/mol. The third-order valence-electron chi connectivity index (χ3n) is 6.71. The van der Waals surface area contributed by atoms with E-state index in [1.165, 1.54) is 0 Å². The number of hydrogen-bond donors (Lipinski definition) is 2. The lowest BCUT2D eigenvalue weighted by Gasteiger charge is -2.38. The van der Waals surface area contributed by atoms with Crippen LogP contribution < -0.4 is 15.5 Å². The van der Waals surface area contributed by atoms with Crippen LogP contribution in [0.2, 0.25) is 0 Å². The first-order valence-electron chi connectivity index (χ1n) is 12.0. The van der Waals surface area contributed by atoms with Crippen LogP contribution in [0.25, 0.3) is 0 Å². The van der Waals surface area contributed by atoms with Crippen LogP contribution in [0.1, 0.15) is 31.0 Å². The Morgan fingerprint density at radius 3 is 2.47 bits per heavy atom. The Labute approximate surface area is 200 Å². The van der Waals surface area contributed by atoms with Gasteiger partial charge in [-0.25, -0.2) is 0 Å². The smallest absolute Gasteiger partial charge is 0.313 e. The minimum Gasteiger partial charge on any atom is -0.353 e. The summed E-state index contributed by atoms with van der Waals surface area (Å²) < 4.78 is 2.06. The van der Waals surface area contributed by atoms with Crippen molar-refractivity contribution in [2.75, 3.05) is 56.5 Å². The highest BCUT2D eigenvalue weighted by Gasteiger charge is 2.27. The second-order valence-electron chi connectivity index (χ2n) is 9.12. The quantitative estimate of drug-likeness (QED) is 0.631. The van der Waals surface area contributed by atoms with Crippen LogP contribution in [0.15, 0.2) is 42.6 Å². The van der Waals surface area contributed by atoms with Crippen LogP contribution in [0, 0.1) is 0 Å². The summed E-state index contributed by atoms with van der Waals surface area (Å²) in [6.45, 7) is 4.74. The van der Waals surface area contributed by atoms with Gasteiger partial charge in [-0.1, -0.05) is 6.07 Å². The Morgan fingerprint density at radius 2 is 1.76 bits per heavy atom. The number of rotatable bonds is 6. The summed E-state index contributed by atoms with van der Waals surface area (Å²) >= 11 is 0. The zero-order valence-electron chi connectivity index (χ0n) is 20.0. The first-order valence-corrected chi connectivity index (χ1v) is 12.0. The minimum absolute atomic E-state index is 0.0149. The molecule has 3 amide bonds. The Hall–Kier alpha value is -3.17. The van der Waals surface area contributed by atoms with Crippen LogP contribution in [-0.4, -0.2) is 78.4 Å². The third-order valence-corrected chi connectivity index (χ3v) is 6.71. The van der Waals surface area contributed by atoms with Gasteiger partial charge in [-0.15, -0.1) is 0 Å². The van der Waals surface area contributed by atoms with E-state index >= 15 is 0 Å². The molecule has 34 heavy (non-hydrogen) atoms. The number of carbonyl (C=O) groups is 3. The fourth-order valence-electron chi connectivity index (χ4n) is 4.66. The fraction of sp³-hybridized carbons (Fsp3) is 0.480. The van der Waals surface area contributed by atoms with Crippen molar-refractivity contribution in [2.45, 2.75) is 25.3 Å². The summed E-state index contributed by atoms with van der Waals surface area (Å²) in [4.78, 5) is 43.9. The number of amides is 3. The molecule has 3 heterocycles. The van der Waals surface area contributed by atoms with Crippen molar-refractivity contribution in [1.82, 2.24) is 19.7 Å². The third kappa shape index (κ3) is 5.66. The van der Waals surface area contributed by atoms with Gasteiger partial charge in [-0.05, 0) is 50.2 Å². The Morgan fingerprint density at radius 1 is 0.971 bits per heavy atom. The molecular formula is C25H34N6O3. The average molecular weight is 467 g/mol. The number of anilines is 2. The maximum Gasteiger partial charge on any atom is 0.313 e. The van der Waals surface area contributed by atoms with Crippen molar-refractivity contribution in [2.24, 2.45) is 7.05 Å². The number of nitrogens with one attached hydrogen (secondary N) is 2. The Kier molecular flexibility index (Phi) is 7.64. The second kappa shape index (κ2) is 10.8. The predicted octanol–water partition coefficient (Wildman–Crippen LogP) is 1.59. The van der Waals surface area contributed by atoms with Gasteiger partial charge in [0.1, 0.15) is 0 Å². The summed E-state index contributed by atoms with van der Waals surface area (Å²) in [5.74, 6) is -1.30. The second-order valence-corrected chi connectivity index (χ2v) is 9.12. The van der Waals surface area contributed by atoms with Crippen LogP contribution in [-0.2, 0) is 21.4 Å². The average Bonchev–Trinajstić information content (AvgIpc) is 3.26. The van der Waals surface area contributed by atoms with E-state index in [2.05, 4.69) is 38.1 Å². The first kappa shape index (κ1) is 24.0. The summed E-state index contributed by atoms with van der Waals surface area (Å²) in [5, 5.41) is 5.50. The standard InChI is InChI=1S/C25H34N6O3/c1-28-13-15-30(16-14-28)22(21-9-6-11-29(21)2)18-26-24(33)25(34)27-19-7-5-8-20(17-19)31-12-4-3-10-23(31)32/h5-9,11,17,22H,3-4,10,12-16,18H2,1-2H3,(H,26,33)(H,27,34). The Bertz CT molecular complexity index is 1030. The summed E-state index contributed by atoms with van der Waals surface area (Å²) in [5.41, 5.74) is 2.33. The van der Waals surface area contributed by atoms with Crippen molar-refractivity contribution >= 4 is 29.1 Å². The molecule has 4 rings (SSSR count). The molecule has 2 N–H and O–H groups in total. The number of hydrogen-bond acceptors (Lipinski definition) is 5. The van der Waals surface area contributed by atoms with Gasteiger partial charge in [-0.3, -0.25) is 19.3 Å². The molecule has 0 aliphatic carbocycles. The lowest BCUT2D eigenvalue weighted by atomic mass is 10.1. The molecule has 2 aliphatic heterocycles. The number of likely N-dealkylation sites (N-methyl/N-ethyl adjacent to an activating group) is 1. The van der Waals surface area contributed by atoms with E-state index in [9.17, 15) is 14.4 Å². The zero-order valence-corrected chi connectivity index (χ0v) is 20.0. The molecule has 1 aromatic carbocycles. The first-order chi connectivity index (χ1) is 16.4. The van der Waals surface area contributed by atoms with Crippen LogP contribution in [0.4, 0.5) is 11.4 Å². The van der Waals surface area contributed by atoms with Crippen molar-refractivity contribution < 1.29 is 14.4 Å². The number of carbonyl (C=O) groups excluding carboxylic acids is 3. The molecule has 2 aromatic rings. The molecule has 0 bridgehead atoms. The molecule has 2 saturated heterocycles. The van der Waals surface area contributed by atoms with Gasteiger partial charge in [-0.2, -0.15) is 0 Å². The molecule has 9 nitrogen and oxygen atoms in total. The highest BCUT2D eigenvalue weighted by molar-refractivity contribution is 6.39. The minimum atomic E-state index is -0.717. The van der Waals surface area contributed by atoms with Crippen LogP contribution >= 0.6 is 0 Å². The monoisotopic (exact) mass is 466 g/mol. The topological polar surface area (TPSA) is 89.9 Å². The fourth-order valence-corrected chi connectivity index (χ4v) is 4.66. The van der Waals surface area contributed by atoms with Gasteiger partial charge in [0.25, 0.3) is 0 Å². The van der Waals surface area contributed by atoms with E-state index in [4.69, 9.17) is 0 Å². The van der Waals surface area contributed by atoms with Gasteiger partial charge in [0, 0.05) is 76.0 Å². The largest absolute Gasteiger partial charge is 0.353 e. The summed E-state index contributed by atoms with van der Waals surface area (Å²) in [6, 6.07) is 11.1. The van der Waals surface area contributed by atoms with Crippen molar-refractivity contribution in [3.05, 3.63) is 48.3 Å². The predicted molar refractivity (Wildman–Crippen MR) is 132 cm³/mol. The number of aromatic nitrogens is 1. The van der Waals surface area contributed by atoms with E-state index in [0.29, 0.717) is 25.2 Å². The van der Waals surface area contributed by atoms with Crippen LogP contribution in [0.3, 0.4) is 0 Å². The van der Waals surface area contributed by atoms with E-state index in [-0.39, 0.29) is 11.9 Å². The maximum absolute atomic E-state index is 12.7. The lowest BCUT2D eigenvalue weighted by molar-refractivity contribution is -0.136. The van der Waals surface area contributed by atoms with Gasteiger partial charge in [0.2, 0.25) is 5.91 Å². The van der Waals surface area contributed by atoms with Gasteiger partial charge in [0.05, 0.1) is 6.04 Å². The summed E-state index contributed by atoms with van der Waals surface area (Å²) in [6.07, 6.45) is 4.39. The van der Waals surface area contributed by atoms with Gasteiger partial charge in [0.15, 0.2) is 0 Å². The molecule has 2 aliphatic rings. The zero-order chi connectivity index (χ0) is 24.1. The summed E-state index contributed by atoms with van der Waals surface area (Å²) in [7, 11) is 4.10. The molecule has 0 radical (unpaired) electrons. The molecule has 0 spiro atoms. The molecule has 9 heteroatoms. The van der Waals surface area contributed by atoms with E-state index in [1.54, 1.807) is 23.1 Å². The van der Waals surface area contributed by atoms with Gasteiger partial charge < -0.3 is 25.0 Å². The van der Waals surface area contributed by atoms with Crippen molar-refractivity contribution in [3.63, 3.8) is 0 Å². The Balaban J connectivity index is 1.38. The van der Waals surface area contributed by atoms with Crippen molar-refractivity contribution in [3.8, 4) is 0 Å². The van der Waals surface area contributed by atoms with E-state index < -0.39 is 11.8 Å². The highest BCUT2D eigenvalue weighted by Crippen LogP contribution is 2.24. The lowest BCUT2D eigenvalue weighted by Crippen LogP contribution is -2.49. The number of aryl methyl sites for hydroxylation is 1. The normalized spacial score (nSPS) is 18.5. The van der Waals surface area contributed by atoms with E-state index in [1.807, 2.05) is 25.4 Å². The van der Waals surface area contributed by atoms with Crippen molar-refractivity contribution in [1.29, 1.82) is 0 Å². The molecule has 1 aromatic heterocycles.